The second-order valence-electron chi connectivity index (χ2n) is 4.95. The summed E-state index contributed by atoms with van der Waals surface area (Å²) in [6.07, 6.45) is 1.07. The molecule has 1 heterocycles. The maximum atomic E-state index is 13.2. The zero-order chi connectivity index (χ0) is 15.6. The minimum absolute atomic E-state index is 0.0946. The van der Waals surface area contributed by atoms with E-state index >= 15 is 0 Å². The highest BCUT2D eigenvalue weighted by atomic mass is 19.2. The average Bonchev–Trinajstić information content (AvgIpc) is 2.50. The van der Waals surface area contributed by atoms with Gasteiger partial charge in [-0.3, -0.25) is 4.79 Å². The van der Waals surface area contributed by atoms with Gasteiger partial charge in [-0.1, -0.05) is 12.1 Å². The van der Waals surface area contributed by atoms with E-state index in [1.165, 1.54) is 4.90 Å². The van der Waals surface area contributed by atoms with Gasteiger partial charge in [-0.25, -0.2) is 13.2 Å². The fraction of sp³-hybridized carbons (Fsp3) is 0.429. The fourth-order valence-electron chi connectivity index (χ4n) is 2.46. The van der Waals surface area contributed by atoms with Gasteiger partial charge in [0, 0.05) is 31.0 Å². The van der Waals surface area contributed by atoms with E-state index in [4.69, 9.17) is 5.21 Å². The predicted octanol–water partition coefficient (Wildman–Crippen LogP) is 2.81. The van der Waals surface area contributed by atoms with Crippen molar-refractivity contribution in [3.8, 4) is 0 Å². The van der Waals surface area contributed by atoms with Crippen LogP contribution >= 0.6 is 0 Å². The summed E-state index contributed by atoms with van der Waals surface area (Å²) < 4.78 is 39.3. The van der Waals surface area contributed by atoms with Gasteiger partial charge < -0.3 is 10.1 Å². The Morgan fingerprint density at radius 1 is 1.38 bits per heavy atom. The number of likely N-dealkylation sites (tertiary alicyclic amines) is 1. The van der Waals surface area contributed by atoms with Crippen LogP contribution in [0.3, 0.4) is 0 Å². The molecule has 0 aliphatic carbocycles. The van der Waals surface area contributed by atoms with Gasteiger partial charge >= 0.3 is 0 Å². The van der Waals surface area contributed by atoms with Crippen LogP contribution in [0.2, 0.25) is 0 Å². The molecule has 21 heavy (non-hydrogen) atoms. The van der Waals surface area contributed by atoms with Crippen molar-refractivity contribution >= 4 is 11.6 Å². The molecule has 114 valence electrons. The summed E-state index contributed by atoms with van der Waals surface area (Å²) in [5, 5.41) is 12.1. The van der Waals surface area contributed by atoms with Gasteiger partial charge in [-0.05, 0) is 18.6 Å². The molecule has 2 rings (SSSR count). The number of halogens is 3. The van der Waals surface area contributed by atoms with Crippen molar-refractivity contribution < 1.29 is 23.2 Å². The van der Waals surface area contributed by atoms with Crippen LogP contribution < -0.4 is 0 Å². The highest BCUT2D eigenvalue weighted by molar-refractivity contribution is 5.96. The SMILES string of the molecule is CCC1CN(C(=O)c2cc(F)c(F)c(F)c2)CC/C1=N\O. The van der Waals surface area contributed by atoms with Crippen LogP contribution in [0.25, 0.3) is 0 Å². The number of piperidine rings is 1. The van der Waals surface area contributed by atoms with E-state index in [1.54, 1.807) is 0 Å². The lowest BCUT2D eigenvalue weighted by Crippen LogP contribution is -2.44. The normalized spacial score (nSPS) is 20.9. The van der Waals surface area contributed by atoms with E-state index in [1.807, 2.05) is 6.92 Å². The Morgan fingerprint density at radius 2 is 2.00 bits per heavy atom. The molecule has 1 aromatic rings. The smallest absolute Gasteiger partial charge is 0.254 e. The molecule has 1 aliphatic rings. The summed E-state index contributed by atoms with van der Waals surface area (Å²) in [6.45, 7) is 2.48. The molecule has 1 atom stereocenters. The predicted molar refractivity (Wildman–Crippen MR) is 69.8 cm³/mol. The minimum atomic E-state index is -1.59. The highest BCUT2D eigenvalue weighted by Gasteiger charge is 2.29. The first kappa shape index (κ1) is 15.3. The molecule has 4 nitrogen and oxygen atoms in total. The van der Waals surface area contributed by atoms with Gasteiger partial charge in [0.05, 0.1) is 5.71 Å². The molecule has 1 N–H and O–H groups in total. The molecule has 1 unspecified atom stereocenters. The molecule has 1 fully saturated rings. The van der Waals surface area contributed by atoms with Crippen LogP contribution in [-0.2, 0) is 0 Å². The lowest BCUT2D eigenvalue weighted by atomic mass is 9.93. The molecular weight excluding hydrogens is 285 g/mol. The van der Waals surface area contributed by atoms with Gasteiger partial charge in [0.25, 0.3) is 5.91 Å². The van der Waals surface area contributed by atoms with Crippen molar-refractivity contribution in [1.82, 2.24) is 4.90 Å². The first-order valence-corrected chi connectivity index (χ1v) is 6.62. The Balaban J connectivity index is 2.21. The van der Waals surface area contributed by atoms with Crippen molar-refractivity contribution in [2.45, 2.75) is 19.8 Å². The second kappa shape index (κ2) is 6.15. The highest BCUT2D eigenvalue weighted by Crippen LogP contribution is 2.21. The zero-order valence-electron chi connectivity index (χ0n) is 11.4. The summed E-state index contributed by atoms with van der Waals surface area (Å²) >= 11 is 0. The van der Waals surface area contributed by atoms with Crippen LogP contribution in [0.1, 0.15) is 30.1 Å². The number of oxime groups is 1. The number of hydrogen-bond acceptors (Lipinski definition) is 3. The maximum absolute atomic E-state index is 13.2. The van der Waals surface area contributed by atoms with Crippen molar-refractivity contribution in [3.05, 3.63) is 35.1 Å². The summed E-state index contributed by atoms with van der Waals surface area (Å²) in [5.74, 6) is -5.03. The molecule has 0 saturated carbocycles. The number of amides is 1. The van der Waals surface area contributed by atoms with Crippen LogP contribution in [0.5, 0.6) is 0 Å². The van der Waals surface area contributed by atoms with Gasteiger partial charge in [0.15, 0.2) is 17.5 Å². The number of rotatable bonds is 2. The largest absolute Gasteiger partial charge is 0.411 e. The monoisotopic (exact) mass is 300 g/mol. The van der Waals surface area contributed by atoms with E-state index in [0.29, 0.717) is 37.2 Å². The molecule has 0 spiro atoms. The van der Waals surface area contributed by atoms with Crippen molar-refractivity contribution in [1.29, 1.82) is 0 Å². The average molecular weight is 300 g/mol. The minimum Gasteiger partial charge on any atom is -0.411 e. The molecule has 1 saturated heterocycles. The fourth-order valence-corrected chi connectivity index (χ4v) is 2.46. The van der Waals surface area contributed by atoms with E-state index in [9.17, 15) is 18.0 Å². The molecule has 0 radical (unpaired) electrons. The molecule has 0 aromatic heterocycles. The van der Waals surface area contributed by atoms with Gasteiger partial charge in [-0.2, -0.15) is 0 Å². The summed E-state index contributed by atoms with van der Waals surface area (Å²) in [6, 6.07) is 1.38. The summed E-state index contributed by atoms with van der Waals surface area (Å²) in [4.78, 5) is 13.7. The Labute approximate surface area is 119 Å². The lowest BCUT2D eigenvalue weighted by molar-refractivity contribution is 0.0727. The number of hydrogen-bond donors (Lipinski definition) is 1. The first-order chi connectivity index (χ1) is 9.97. The van der Waals surface area contributed by atoms with Crippen LogP contribution in [0.15, 0.2) is 17.3 Å². The standard InChI is InChI=1S/C14H15F3N2O2/c1-2-8-7-19(4-3-12(8)18-21)14(20)9-5-10(15)13(17)11(16)6-9/h5-6,8,21H,2-4,7H2,1H3/b18-12+. The lowest BCUT2D eigenvalue weighted by Gasteiger charge is -2.32. The van der Waals surface area contributed by atoms with Gasteiger partial charge in [0.2, 0.25) is 0 Å². The van der Waals surface area contributed by atoms with Crippen LogP contribution in [0, 0.1) is 23.4 Å². The Hall–Kier alpha value is -2.05. The first-order valence-electron chi connectivity index (χ1n) is 6.62. The topological polar surface area (TPSA) is 52.9 Å². The maximum Gasteiger partial charge on any atom is 0.254 e. The summed E-state index contributed by atoms with van der Waals surface area (Å²) in [7, 11) is 0. The molecule has 7 heteroatoms. The number of benzene rings is 1. The van der Waals surface area contributed by atoms with E-state index in [0.717, 1.165) is 0 Å². The van der Waals surface area contributed by atoms with E-state index < -0.39 is 23.4 Å². The van der Waals surface area contributed by atoms with Crippen LogP contribution in [-0.4, -0.2) is 34.8 Å². The molecule has 1 aliphatic heterocycles. The van der Waals surface area contributed by atoms with Crippen molar-refractivity contribution in [2.24, 2.45) is 11.1 Å². The third-order valence-electron chi connectivity index (χ3n) is 3.69. The molecular formula is C14H15F3N2O2. The Kier molecular flexibility index (Phi) is 4.50. The molecule has 1 aromatic carbocycles. The van der Waals surface area contributed by atoms with Crippen molar-refractivity contribution in [3.63, 3.8) is 0 Å². The molecule has 1 amide bonds. The quantitative estimate of drug-likeness (QED) is 0.519. The van der Waals surface area contributed by atoms with Gasteiger partial charge in [-0.15, -0.1) is 0 Å². The summed E-state index contributed by atoms with van der Waals surface area (Å²) in [5.41, 5.74) is 0.378. The number of nitrogens with zero attached hydrogens (tertiary/aromatic N) is 2. The Bertz CT molecular complexity index is 567. The third kappa shape index (κ3) is 3.01. The van der Waals surface area contributed by atoms with Gasteiger partial charge in [0.1, 0.15) is 0 Å². The van der Waals surface area contributed by atoms with E-state index in [-0.39, 0.29) is 18.0 Å². The zero-order valence-corrected chi connectivity index (χ0v) is 11.4. The molecule has 0 bridgehead atoms. The number of carbonyl (C=O) groups is 1. The third-order valence-corrected chi connectivity index (χ3v) is 3.69. The Morgan fingerprint density at radius 3 is 2.52 bits per heavy atom. The van der Waals surface area contributed by atoms with E-state index in [2.05, 4.69) is 5.16 Å². The van der Waals surface area contributed by atoms with Crippen molar-refractivity contribution in [2.75, 3.05) is 13.1 Å². The van der Waals surface area contributed by atoms with Crippen LogP contribution in [0.4, 0.5) is 13.2 Å². The second-order valence-corrected chi connectivity index (χ2v) is 4.95. The number of carbonyl (C=O) groups excluding carboxylic acids is 1.